The monoisotopic (exact) mass is 245 g/mol. The lowest BCUT2D eigenvalue weighted by Gasteiger charge is -2.25. The highest BCUT2D eigenvalue weighted by Crippen LogP contribution is 2.34. The second-order valence-electron chi connectivity index (χ2n) is 5.87. The number of fused-ring (bicyclic) bond motifs is 1. The van der Waals surface area contributed by atoms with Crippen molar-refractivity contribution in [2.45, 2.75) is 65.0 Å². The van der Waals surface area contributed by atoms with E-state index in [1.807, 2.05) is 0 Å². The van der Waals surface area contributed by atoms with Crippen molar-refractivity contribution in [1.82, 2.24) is 15.3 Å². The van der Waals surface area contributed by atoms with Gasteiger partial charge in [-0.05, 0) is 25.2 Å². The van der Waals surface area contributed by atoms with Crippen LogP contribution in [0.3, 0.4) is 0 Å². The van der Waals surface area contributed by atoms with Gasteiger partial charge < -0.3 is 5.32 Å². The topological polar surface area (TPSA) is 37.8 Å². The Labute approximate surface area is 109 Å². The van der Waals surface area contributed by atoms with Crippen molar-refractivity contribution in [3.8, 4) is 0 Å². The minimum absolute atomic E-state index is 0.609. The second-order valence-corrected chi connectivity index (χ2v) is 5.87. The van der Waals surface area contributed by atoms with Gasteiger partial charge in [-0.2, -0.15) is 0 Å². The second kappa shape index (κ2) is 4.96. The SMILES string of the molecule is CCc1nc(C2CCC(C)CC2)nc2c1CNC2. The van der Waals surface area contributed by atoms with Gasteiger partial charge in [0.2, 0.25) is 0 Å². The summed E-state index contributed by atoms with van der Waals surface area (Å²) in [5, 5.41) is 3.40. The highest BCUT2D eigenvalue weighted by Gasteiger charge is 2.25. The summed E-state index contributed by atoms with van der Waals surface area (Å²) < 4.78 is 0. The summed E-state index contributed by atoms with van der Waals surface area (Å²) >= 11 is 0. The largest absolute Gasteiger partial charge is 0.307 e. The average Bonchev–Trinajstić information content (AvgIpc) is 2.86. The molecule has 1 aromatic heterocycles. The normalized spacial score (nSPS) is 27.2. The zero-order valence-electron chi connectivity index (χ0n) is 11.5. The Kier molecular flexibility index (Phi) is 3.33. The molecule has 3 heteroatoms. The Morgan fingerprint density at radius 1 is 1.11 bits per heavy atom. The van der Waals surface area contributed by atoms with Gasteiger partial charge in [0.1, 0.15) is 5.82 Å². The van der Waals surface area contributed by atoms with Gasteiger partial charge in [-0.1, -0.05) is 26.7 Å². The molecule has 0 radical (unpaired) electrons. The summed E-state index contributed by atoms with van der Waals surface area (Å²) in [6, 6.07) is 0. The van der Waals surface area contributed by atoms with Crippen molar-refractivity contribution in [3.05, 3.63) is 22.8 Å². The van der Waals surface area contributed by atoms with Crippen LogP contribution in [0.4, 0.5) is 0 Å². The van der Waals surface area contributed by atoms with Crippen LogP contribution in [-0.2, 0) is 19.5 Å². The summed E-state index contributed by atoms with van der Waals surface area (Å²) in [5.41, 5.74) is 3.90. The van der Waals surface area contributed by atoms with E-state index in [1.54, 1.807) is 0 Å². The predicted molar refractivity (Wildman–Crippen MR) is 72.3 cm³/mol. The average molecular weight is 245 g/mol. The van der Waals surface area contributed by atoms with E-state index in [0.29, 0.717) is 5.92 Å². The van der Waals surface area contributed by atoms with Gasteiger partial charge in [-0.25, -0.2) is 9.97 Å². The molecule has 2 aliphatic rings. The standard InChI is InChI=1S/C15H23N3/c1-3-13-12-8-16-9-14(12)18-15(17-13)11-6-4-10(2)5-7-11/h10-11,16H,3-9H2,1-2H3. The highest BCUT2D eigenvalue weighted by molar-refractivity contribution is 5.30. The Balaban J connectivity index is 1.88. The maximum absolute atomic E-state index is 4.86. The first-order valence-electron chi connectivity index (χ1n) is 7.37. The molecule has 0 unspecified atom stereocenters. The lowest BCUT2D eigenvalue weighted by atomic mass is 9.82. The minimum atomic E-state index is 0.609. The van der Waals surface area contributed by atoms with Gasteiger partial charge in [0, 0.05) is 30.3 Å². The number of aromatic nitrogens is 2. The molecule has 1 aliphatic carbocycles. The van der Waals surface area contributed by atoms with E-state index in [0.717, 1.165) is 31.3 Å². The fraction of sp³-hybridized carbons (Fsp3) is 0.733. The summed E-state index contributed by atoms with van der Waals surface area (Å²) in [6.45, 7) is 6.45. The van der Waals surface area contributed by atoms with Crippen LogP contribution in [0.1, 0.15) is 68.2 Å². The van der Waals surface area contributed by atoms with Crippen molar-refractivity contribution in [2.24, 2.45) is 5.92 Å². The third-order valence-corrected chi connectivity index (χ3v) is 4.51. The number of hydrogen-bond donors (Lipinski definition) is 1. The van der Waals surface area contributed by atoms with Gasteiger partial charge in [-0.3, -0.25) is 0 Å². The van der Waals surface area contributed by atoms with Gasteiger partial charge in [0.05, 0.1) is 5.69 Å². The molecule has 0 aromatic carbocycles. The van der Waals surface area contributed by atoms with Crippen LogP contribution in [-0.4, -0.2) is 9.97 Å². The molecule has 1 aliphatic heterocycles. The molecule has 0 amide bonds. The molecule has 1 fully saturated rings. The summed E-state index contributed by atoms with van der Waals surface area (Å²) in [4.78, 5) is 9.70. The van der Waals surface area contributed by atoms with Crippen LogP contribution in [0.25, 0.3) is 0 Å². The quantitative estimate of drug-likeness (QED) is 0.870. The van der Waals surface area contributed by atoms with Crippen molar-refractivity contribution >= 4 is 0 Å². The van der Waals surface area contributed by atoms with Gasteiger partial charge in [0.25, 0.3) is 0 Å². The number of nitrogens with zero attached hydrogens (tertiary/aromatic N) is 2. The molecule has 0 bridgehead atoms. The fourth-order valence-corrected chi connectivity index (χ4v) is 3.25. The van der Waals surface area contributed by atoms with Crippen LogP contribution < -0.4 is 5.32 Å². The van der Waals surface area contributed by atoms with Crippen molar-refractivity contribution in [1.29, 1.82) is 0 Å². The fourth-order valence-electron chi connectivity index (χ4n) is 3.25. The zero-order valence-corrected chi connectivity index (χ0v) is 11.5. The molecule has 1 aromatic rings. The molecule has 0 spiro atoms. The zero-order chi connectivity index (χ0) is 12.5. The van der Waals surface area contributed by atoms with E-state index in [9.17, 15) is 0 Å². The molecule has 2 heterocycles. The van der Waals surface area contributed by atoms with E-state index >= 15 is 0 Å². The van der Waals surface area contributed by atoms with E-state index in [1.165, 1.54) is 42.6 Å². The van der Waals surface area contributed by atoms with Gasteiger partial charge >= 0.3 is 0 Å². The minimum Gasteiger partial charge on any atom is -0.307 e. The summed E-state index contributed by atoms with van der Waals surface area (Å²) in [5.74, 6) is 2.63. The molecule has 0 atom stereocenters. The van der Waals surface area contributed by atoms with Crippen molar-refractivity contribution in [3.63, 3.8) is 0 Å². The van der Waals surface area contributed by atoms with E-state index in [2.05, 4.69) is 19.2 Å². The first kappa shape index (κ1) is 12.1. The molecular formula is C15H23N3. The summed E-state index contributed by atoms with van der Waals surface area (Å²) in [7, 11) is 0. The van der Waals surface area contributed by atoms with Crippen LogP contribution in [0, 0.1) is 5.92 Å². The first-order chi connectivity index (χ1) is 8.78. The number of aryl methyl sites for hydroxylation is 1. The lowest BCUT2D eigenvalue weighted by Crippen LogP contribution is -2.15. The Morgan fingerprint density at radius 2 is 1.89 bits per heavy atom. The smallest absolute Gasteiger partial charge is 0.132 e. The molecule has 1 N–H and O–H groups in total. The van der Waals surface area contributed by atoms with E-state index in [4.69, 9.17) is 9.97 Å². The third kappa shape index (κ3) is 2.16. The van der Waals surface area contributed by atoms with Crippen LogP contribution >= 0.6 is 0 Å². The van der Waals surface area contributed by atoms with Crippen LogP contribution in [0.5, 0.6) is 0 Å². The number of rotatable bonds is 2. The van der Waals surface area contributed by atoms with Gasteiger partial charge in [0.15, 0.2) is 0 Å². The van der Waals surface area contributed by atoms with Crippen molar-refractivity contribution in [2.75, 3.05) is 0 Å². The van der Waals surface area contributed by atoms with Crippen LogP contribution in [0.2, 0.25) is 0 Å². The lowest BCUT2D eigenvalue weighted by molar-refractivity contribution is 0.339. The molecule has 18 heavy (non-hydrogen) atoms. The molecule has 3 rings (SSSR count). The highest BCUT2D eigenvalue weighted by atomic mass is 15.0. The molecule has 1 saturated carbocycles. The number of nitrogens with one attached hydrogen (secondary N) is 1. The maximum Gasteiger partial charge on any atom is 0.132 e. The van der Waals surface area contributed by atoms with Crippen molar-refractivity contribution < 1.29 is 0 Å². The summed E-state index contributed by atoms with van der Waals surface area (Å²) in [6.07, 6.45) is 6.26. The Morgan fingerprint density at radius 3 is 2.61 bits per heavy atom. The Bertz CT molecular complexity index is 434. The third-order valence-electron chi connectivity index (χ3n) is 4.51. The molecule has 0 saturated heterocycles. The number of hydrogen-bond acceptors (Lipinski definition) is 3. The van der Waals surface area contributed by atoms with Crippen LogP contribution in [0.15, 0.2) is 0 Å². The van der Waals surface area contributed by atoms with E-state index in [-0.39, 0.29) is 0 Å². The van der Waals surface area contributed by atoms with E-state index < -0.39 is 0 Å². The molecular weight excluding hydrogens is 222 g/mol. The molecule has 3 nitrogen and oxygen atoms in total. The maximum atomic E-state index is 4.86. The van der Waals surface area contributed by atoms with Gasteiger partial charge in [-0.15, -0.1) is 0 Å². The Hall–Kier alpha value is -0.960. The predicted octanol–water partition coefficient (Wildman–Crippen LogP) is 2.94. The first-order valence-corrected chi connectivity index (χ1v) is 7.37. The molecule has 98 valence electrons.